The summed E-state index contributed by atoms with van der Waals surface area (Å²) in [5.41, 5.74) is 2.25. The van der Waals surface area contributed by atoms with E-state index >= 15 is 0 Å². The molecule has 136 valence electrons. The van der Waals surface area contributed by atoms with Gasteiger partial charge in [0.2, 0.25) is 5.91 Å². The van der Waals surface area contributed by atoms with Gasteiger partial charge in [0.1, 0.15) is 5.76 Å². The van der Waals surface area contributed by atoms with Gasteiger partial charge in [0.25, 0.3) is 0 Å². The lowest BCUT2D eigenvalue weighted by atomic mass is 10.0. The number of rotatable bonds is 6. The van der Waals surface area contributed by atoms with Crippen LogP contribution in [0.15, 0.2) is 16.7 Å². The number of carbonyl (C=O) groups is 1. The van der Waals surface area contributed by atoms with Crippen molar-refractivity contribution >= 4 is 11.7 Å². The maximum Gasteiger partial charge on any atom is 0.226 e. The van der Waals surface area contributed by atoms with Crippen molar-refractivity contribution in [3.8, 4) is 0 Å². The molecule has 0 saturated carbocycles. The van der Waals surface area contributed by atoms with Gasteiger partial charge < -0.3 is 9.84 Å². The van der Waals surface area contributed by atoms with Crippen LogP contribution in [0.3, 0.4) is 0 Å². The molecule has 1 saturated heterocycles. The molecule has 25 heavy (non-hydrogen) atoms. The molecular weight excluding hydrogens is 318 g/mol. The van der Waals surface area contributed by atoms with Crippen LogP contribution < -0.4 is 5.32 Å². The zero-order chi connectivity index (χ0) is 17.8. The Morgan fingerprint density at radius 1 is 1.32 bits per heavy atom. The summed E-state index contributed by atoms with van der Waals surface area (Å²) >= 11 is 0. The van der Waals surface area contributed by atoms with Crippen molar-refractivity contribution in [3.05, 3.63) is 29.3 Å². The first kappa shape index (κ1) is 17.7. The number of nitrogens with one attached hydrogen (secondary N) is 1. The van der Waals surface area contributed by atoms with Crippen LogP contribution in [-0.4, -0.2) is 44.9 Å². The molecule has 2 aromatic heterocycles. The third-order valence-electron chi connectivity index (χ3n) is 4.76. The number of amides is 1. The number of piperidine rings is 1. The highest BCUT2D eigenvalue weighted by Gasteiger charge is 2.24. The first-order valence-electron chi connectivity index (χ1n) is 8.99. The second-order valence-electron chi connectivity index (χ2n) is 6.92. The molecule has 1 N–H and O–H groups in total. The van der Waals surface area contributed by atoms with Crippen molar-refractivity contribution < 1.29 is 9.32 Å². The number of carbonyl (C=O) groups excluding carboxylic acids is 1. The fraction of sp³-hybridized carbons (Fsp3) is 0.611. The van der Waals surface area contributed by atoms with E-state index in [1.807, 2.05) is 6.92 Å². The molecule has 0 unspecified atom stereocenters. The molecule has 0 aromatic carbocycles. The van der Waals surface area contributed by atoms with Crippen molar-refractivity contribution in [2.75, 3.05) is 18.4 Å². The number of aryl methyl sites for hydroxylation is 3. The quantitative estimate of drug-likeness (QED) is 0.871. The maximum atomic E-state index is 12.1. The van der Waals surface area contributed by atoms with Crippen molar-refractivity contribution in [2.24, 2.45) is 0 Å². The van der Waals surface area contributed by atoms with E-state index in [0.29, 0.717) is 24.0 Å². The molecule has 0 spiro atoms. The van der Waals surface area contributed by atoms with E-state index < -0.39 is 0 Å². The first-order valence-corrected chi connectivity index (χ1v) is 8.99. The summed E-state index contributed by atoms with van der Waals surface area (Å²) in [7, 11) is 0. The Morgan fingerprint density at radius 3 is 2.84 bits per heavy atom. The van der Waals surface area contributed by atoms with Crippen LogP contribution >= 0.6 is 0 Å². The second-order valence-corrected chi connectivity index (χ2v) is 6.92. The highest BCUT2D eigenvalue weighted by molar-refractivity contribution is 5.89. The van der Waals surface area contributed by atoms with E-state index in [-0.39, 0.29) is 5.91 Å². The van der Waals surface area contributed by atoms with Crippen molar-refractivity contribution in [3.63, 3.8) is 0 Å². The topological polar surface area (TPSA) is 76.2 Å². The number of hydrogen-bond acceptors (Lipinski definition) is 5. The second kappa shape index (κ2) is 7.82. The molecule has 7 heteroatoms. The van der Waals surface area contributed by atoms with Gasteiger partial charge in [0.15, 0.2) is 5.82 Å². The standard InChI is InChI=1S/C18H27N5O2/c1-13-10-14(2)23(20-13)12-16-6-4-5-8-22(16)9-7-18(24)19-17-11-15(3)25-21-17/h10-11,16H,4-9,12H2,1-3H3,(H,19,21,24)/t16-/m1/s1. The maximum absolute atomic E-state index is 12.1. The molecule has 3 rings (SSSR count). The average Bonchev–Trinajstić information content (AvgIpc) is 3.11. The van der Waals surface area contributed by atoms with E-state index in [0.717, 1.165) is 31.7 Å². The van der Waals surface area contributed by atoms with Gasteiger partial charge in [-0.05, 0) is 46.2 Å². The van der Waals surface area contributed by atoms with Gasteiger partial charge in [0.05, 0.1) is 12.2 Å². The number of hydrogen-bond donors (Lipinski definition) is 1. The van der Waals surface area contributed by atoms with Gasteiger partial charge in [-0.2, -0.15) is 5.10 Å². The van der Waals surface area contributed by atoms with Crippen molar-refractivity contribution in [1.29, 1.82) is 0 Å². The highest BCUT2D eigenvalue weighted by atomic mass is 16.5. The zero-order valence-electron chi connectivity index (χ0n) is 15.3. The largest absolute Gasteiger partial charge is 0.360 e. The normalized spacial score (nSPS) is 18.4. The fourth-order valence-corrected chi connectivity index (χ4v) is 3.50. The van der Waals surface area contributed by atoms with Gasteiger partial charge in [-0.15, -0.1) is 0 Å². The predicted molar refractivity (Wildman–Crippen MR) is 95.4 cm³/mol. The molecule has 0 radical (unpaired) electrons. The molecule has 1 amide bonds. The Balaban J connectivity index is 1.54. The highest BCUT2D eigenvalue weighted by Crippen LogP contribution is 2.20. The first-order chi connectivity index (χ1) is 12.0. The van der Waals surface area contributed by atoms with Gasteiger partial charge in [-0.25, -0.2) is 0 Å². The summed E-state index contributed by atoms with van der Waals surface area (Å²) < 4.78 is 7.07. The minimum atomic E-state index is -0.0243. The molecular formula is C18H27N5O2. The van der Waals surface area contributed by atoms with E-state index in [1.165, 1.54) is 18.5 Å². The minimum Gasteiger partial charge on any atom is -0.360 e. The lowest BCUT2D eigenvalue weighted by Crippen LogP contribution is -2.43. The van der Waals surface area contributed by atoms with Crippen LogP contribution in [0.5, 0.6) is 0 Å². The Kier molecular flexibility index (Phi) is 5.53. The fourth-order valence-electron chi connectivity index (χ4n) is 3.50. The zero-order valence-corrected chi connectivity index (χ0v) is 15.3. The number of likely N-dealkylation sites (tertiary alicyclic amines) is 1. The van der Waals surface area contributed by atoms with Crippen molar-refractivity contribution in [1.82, 2.24) is 19.8 Å². The van der Waals surface area contributed by atoms with Gasteiger partial charge >= 0.3 is 0 Å². The summed E-state index contributed by atoms with van der Waals surface area (Å²) in [5, 5.41) is 11.2. The molecule has 1 aliphatic heterocycles. The molecule has 2 aromatic rings. The van der Waals surface area contributed by atoms with Crippen LogP contribution in [0.2, 0.25) is 0 Å². The van der Waals surface area contributed by atoms with E-state index in [2.05, 4.69) is 38.1 Å². The average molecular weight is 345 g/mol. The summed E-state index contributed by atoms with van der Waals surface area (Å²) in [6.45, 7) is 8.62. The SMILES string of the molecule is Cc1cc(C)n(C[C@H]2CCCCN2CCC(=O)Nc2cc(C)on2)n1. The predicted octanol–water partition coefficient (Wildman–Crippen LogP) is 2.68. The molecule has 0 bridgehead atoms. The molecule has 1 fully saturated rings. The summed E-state index contributed by atoms with van der Waals surface area (Å²) in [6, 6.07) is 4.28. The van der Waals surface area contributed by atoms with Gasteiger partial charge in [0, 0.05) is 30.8 Å². The third kappa shape index (κ3) is 4.69. The number of anilines is 1. The number of nitrogens with zero attached hydrogens (tertiary/aromatic N) is 4. The summed E-state index contributed by atoms with van der Waals surface area (Å²) in [6.07, 6.45) is 4.05. The third-order valence-corrected chi connectivity index (χ3v) is 4.76. The van der Waals surface area contributed by atoms with Crippen LogP contribution in [0, 0.1) is 20.8 Å². The van der Waals surface area contributed by atoms with Gasteiger partial charge in [-0.3, -0.25) is 14.4 Å². The molecule has 0 aliphatic carbocycles. The molecule has 1 atom stereocenters. The summed E-state index contributed by atoms with van der Waals surface area (Å²) in [5.74, 6) is 1.15. The lowest BCUT2D eigenvalue weighted by molar-refractivity contribution is -0.116. The Hall–Kier alpha value is -2.15. The Labute approximate surface area is 148 Å². The Bertz CT molecular complexity index is 721. The van der Waals surface area contributed by atoms with Gasteiger partial charge in [-0.1, -0.05) is 11.6 Å². The molecule has 3 heterocycles. The minimum absolute atomic E-state index is 0.0243. The monoisotopic (exact) mass is 345 g/mol. The molecule has 1 aliphatic rings. The van der Waals surface area contributed by atoms with E-state index in [4.69, 9.17) is 4.52 Å². The number of aromatic nitrogens is 3. The van der Waals surface area contributed by atoms with Crippen LogP contribution in [-0.2, 0) is 11.3 Å². The van der Waals surface area contributed by atoms with Crippen LogP contribution in [0.4, 0.5) is 5.82 Å². The van der Waals surface area contributed by atoms with E-state index in [1.54, 1.807) is 13.0 Å². The summed E-state index contributed by atoms with van der Waals surface area (Å²) in [4.78, 5) is 14.6. The van der Waals surface area contributed by atoms with Crippen LogP contribution in [0.1, 0.15) is 42.8 Å². The lowest BCUT2D eigenvalue weighted by Gasteiger charge is -2.35. The Morgan fingerprint density at radius 2 is 2.16 bits per heavy atom. The van der Waals surface area contributed by atoms with E-state index in [9.17, 15) is 4.79 Å². The molecule has 7 nitrogen and oxygen atoms in total. The van der Waals surface area contributed by atoms with Crippen molar-refractivity contribution in [2.45, 2.75) is 59.0 Å². The van der Waals surface area contributed by atoms with Crippen LogP contribution in [0.25, 0.3) is 0 Å². The smallest absolute Gasteiger partial charge is 0.226 e.